The van der Waals surface area contributed by atoms with Crippen molar-refractivity contribution in [1.82, 2.24) is 9.55 Å². The Morgan fingerprint density at radius 1 is 1.25 bits per heavy atom. The number of alkyl halides is 3. The Balaban J connectivity index is 1.76. The highest BCUT2D eigenvalue weighted by molar-refractivity contribution is 9.10. The summed E-state index contributed by atoms with van der Waals surface area (Å²) in [5.41, 5.74) is 7.33. The lowest BCUT2D eigenvalue weighted by molar-refractivity contribution is -0.139. The molecule has 32 heavy (non-hydrogen) atoms. The quantitative estimate of drug-likeness (QED) is 0.289. The molecule has 4 nitrogen and oxygen atoms in total. The van der Waals surface area contributed by atoms with Gasteiger partial charge in [0.1, 0.15) is 23.2 Å². The molecule has 0 aliphatic rings. The molecule has 166 valence electrons. The van der Waals surface area contributed by atoms with Gasteiger partial charge < -0.3 is 10.5 Å². The molecule has 0 fully saturated rings. The Labute approximate surface area is 195 Å². The molecule has 0 radical (unpaired) electrons. The number of aromatic nitrogens is 2. The third-order valence-corrected chi connectivity index (χ3v) is 6.66. The summed E-state index contributed by atoms with van der Waals surface area (Å²) in [6.45, 7) is 5.60. The number of benzene rings is 2. The van der Waals surface area contributed by atoms with Gasteiger partial charge in [0.2, 0.25) is 0 Å². The molecule has 0 saturated heterocycles. The fourth-order valence-electron chi connectivity index (χ4n) is 3.51. The Kier molecular flexibility index (Phi) is 6.05. The van der Waals surface area contributed by atoms with Gasteiger partial charge >= 0.3 is 6.18 Å². The molecule has 9 heteroatoms. The van der Waals surface area contributed by atoms with Crippen molar-refractivity contribution in [2.45, 2.75) is 25.6 Å². The van der Waals surface area contributed by atoms with Gasteiger partial charge in [0.05, 0.1) is 21.5 Å². The van der Waals surface area contributed by atoms with E-state index in [9.17, 15) is 13.2 Å². The third-order valence-electron chi connectivity index (χ3n) is 4.98. The number of fused-ring (bicyclic) bond motifs is 1. The lowest BCUT2D eigenvalue weighted by Gasteiger charge is -2.22. The lowest BCUT2D eigenvalue weighted by atomic mass is 10.00. The molecule has 0 aliphatic carbocycles. The third kappa shape index (κ3) is 4.27. The van der Waals surface area contributed by atoms with Gasteiger partial charge in [-0.1, -0.05) is 47.6 Å². The van der Waals surface area contributed by atoms with Crippen LogP contribution in [0.4, 0.5) is 13.2 Å². The molecule has 2 aromatic carbocycles. The largest absolute Gasteiger partial charge is 0.484 e. The van der Waals surface area contributed by atoms with E-state index < -0.39 is 17.8 Å². The normalized spacial score (nSPS) is 12.8. The van der Waals surface area contributed by atoms with E-state index in [0.29, 0.717) is 17.0 Å². The van der Waals surface area contributed by atoms with Crippen LogP contribution < -0.4 is 10.5 Å². The number of nitrogens with zero attached hydrogens (tertiary/aromatic N) is 2. The zero-order chi connectivity index (χ0) is 23.0. The number of hydrogen-bond acceptors (Lipinski definition) is 4. The highest BCUT2D eigenvalue weighted by Crippen LogP contribution is 2.41. The van der Waals surface area contributed by atoms with E-state index in [0.717, 1.165) is 26.6 Å². The van der Waals surface area contributed by atoms with Gasteiger partial charge in [0.15, 0.2) is 0 Å². The van der Waals surface area contributed by atoms with Crippen molar-refractivity contribution in [2.75, 3.05) is 0 Å². The fourth-order valence-corrected chi connectivity index (χ4v) is 4.82. The molecule has 1 atom stereocenters. The predicted octanol–water partition coefficient (Wildman–Crippen LogP) is 7.33. The summed E-state index contributed by atoms with van der Waals surface area (Å²) in [4.78, 5) is 4.99. The molecule has 4 aromatic rings. The average molecular weight is 522 g/mol. The van der Waals surface area contributed by atoms with Gasteiger partial charge in [-0.25, -0.2) is 4.98 Å². The summed E-state index contributed by atoms with van der Waals surface area (Å²) in [7, 11) is 0. The standard InChI is InChI=1S/C23H19BrF3N3OS/c1-3-19(15-6-4-5-7-16(15)23(25,26)27)31-20-11-21(32-22(20)13(2)28)30-12-29-17-10-14(24)8-9-18(17)30/h4-12,19H,2-3,28H2,1H3/t19-/m1/s1. The second kappa shape index (κ2) is 8.63. The zero-order valence-corrected chi connectivity index (χ0v) is 19.4. The van der Waals surface area contributed by atoms with Gasteiger partial charge in [-0.3, -0.25) is 4.57 Å². The molecule has 0 bridgehead atoms. The number of imidazole rings is 1. The van der Waals surface area contributed by atoms with E-state index in [2.05, 4.69) is 27.5 Å². The predicted molar refractivity (Wildman–Crippen MR) is 125 cm³/mol. The fraction of sp³-hybridized carbons (Fsp3) is 0.174. The number of thiophene rings is 1. The minimum atomic E-state index is -4.47. The minimum absolute atomic E-state index is 0.0850. The SMILES string of the molecule is C=C(N)c1sc(-n2cnc3cc(Br)ccc32)cc1O[C@H](CC)c1ccccc1C(F)(F)F. The van der Waals surface area contributed by atoms with Crippen LogP contribution in [0.1, 0.15) is 35.5 Å². The topological polar surface area (TPSA) is 53.1 Å². The van der Waals surface area contributed by atoms with E-state index in [1.54, 1.807) is 25.4 Å². The first-order valence-electron chi connectivity index (χ1n) is 9.73. The van der Waals surface area contributed by atoms with Crippen molar-refractivity contribution in [2.24, 2.45) is 5.73 Å². The molecule has 0 spiro atoms. The van der Waals surface area contributed by atoms with E-state index >= 15 is 0 Å². The molecule has 2 N–H and O–H groups in total. The van der Waals surface area contributed by atoms with Gasteiger partial charge in [-0.15, -0.1) is 11.3 Å². The maximum atomic E-state index is 13.6. The van der Waals surface area contributed by atoms with Gasteiger partial charge in [0, 0.05) is 21.8 Å². The monoisotopic (exact) mass is 521 g/mol. The number of nitrogens with two attached hydrogens (primary N) is 1. The van der Waals surface area contributed by atoms with Crippen LogP contribution in [0.2, 0.25) is 0 Å². The summed E-state index contributed by atoms with van der Waals surface area (Å²) in [5.74, 6) is 0.389. The van der Waals surface area contributed by atoms with E-state index in [1.165, 1.54) is 23.5 Å². The van der Waals surface area contributed by atoms with Crippen LogP contribution >= 0.6 is 27.3 Å². The smallest absolute Gasteiger partial charge is 0.416 e. The Morgan fingerprint density at radius 2 is 2.00 bits per heavy atom. The van der Waals surface area contributed by atoms with Crippen molar-refractivity contribution >= 4 is 44.0 Å². The maximum Gasteiger partial charge on any atom is 0.416 e. The Bertz CT molecular complexity index is 1300. The second-order valence-electron chi connectivity index (χ2n) is 7.15. The summed E-state index contributed by atoms with van der Waals surface area (Å²) in [6, 6.07) is 13.0. The molecule has 4 rings (SSSR count). The van der Waals surface area contributed by atoms with E-state index in [1.807, 2.05) is 22.8 Å². The van der Waals surface area contributed by atoms with Crippen molar-refractivity contribution in [3.8, 4) is 10.8 Å². The molecule has 2 aromatic heterocycles. The lowest BCUT2D eigenvalue weighted by Crippen LogP contribution is -2.15. The van der Waals surface area contributed by atoms with Crippen LogP contribution in [-0.4, -0.2) is 9.55 Å². The van der Waals surface area contributed by atoms with Crippen LogP contribution in [-0.2, 0) is 6.18 Å². The Hall–Kier alpha value is -2.78. The second-order valence-corrected chi connectivity index (χ2v) is 9.10. The van der Waals surface area contributed by atoms with Gasteiger partial charge in [-0.2, -0.15) is 13.2 Å². The zero-order valence-electron chi connectivity index (χ0n) is 17.0. The first kappa shape index (κ1) is 22.4. The molecule has 0 unspecified atom stereocenters. The van der Waals surface area contributed by atoms with Crippen LogP contribution in [0.25, 0.3) is 21.7 Å². The first-order chi connectivity index (χ1) is 15.2. The van der Waals surface area contributed by atoms with Crippen molar-refractivity contribution < 1.29 is 17.9 Å². The number of hydrogen-bond donors (Lipinski definition) is 1. The Morgan fingerprint density at radius 3 is 2.69 bits per heavy atom. The van der Waals surface area contributed by atoms with Crippen molar-refractivity contribution in [1.29, 1.82) is 0 Å². The van der Waals surface area contributed by atoms with E-state index in [-0.39, 0.29) is 11.3 Å². The van der Waals surface area contributed by atoms with Crippen LogP contribution in [0, 0.1) is 0 Å². The number of ether oxygens (including phenoxy) is 1. The summed E-state index contributed by atoms with van der Waals surface area (Å²) >= 11 is 4.78. The molecule has 0 aliphatic heterocycles. The van der Waals surface area contributed by atoms with Crippen molar-refractivity contribution in [3.63, 3.8) is 0 Å². The molecule has 0 amide bonds. The van der Waals surface area contributed by atoms with Crippen molar-refractivity contribution in [3.05, 3.63) is 81.9 Å². The molecule has 0 saturated carbocycles. The highest BCUT2D eigenvalue weighted by atomic mass is 79.9. The summed E-state index contributed by atoms with van der Waals surface area (Å²) in [6.07, 6.45) is -3.25. The molecule has 2 heterocycles. The molecular weight excluding hydrogens is 503 g/mol. The van der Waals surface area contributed by atoms with Crippen LogP contribution in [0.15, 0.2) is 65.9 Å². The average Bonchev–Trinajstić information content (AvgIpc) is 3.35. The van der Waals surface area contributed by atoms with Crippen LogP contribution in [0.3, 0.4) is 0 Å². The van der Waals surface area contributed by atoms with Gasteiger partial charge in [0.25, 0.3) is 0 Å². The van der Waals surface area contributed by atoms with Crippen LogP contribution in [0.5, 0.6) is 5.75 Å². The van der Waals surface area contributed by atoms with Gasteiger partial charge in [-0.05, 0) is 30.7 Å². The summed E-state index contributed by atoms with van der Waals surface area (Å²) in [5, 5.41) is 0.769. The number of rotatable bonds is 6. The number of halogens is 4. The summed E-state index contributed by atoms with van der Waals surface area (Å²) < 4.78 is 49.6. The first-order valence-corrected chi connectivity index (χ1v) is 11.3. The van der Waals surface area contributed by atoms with E-state index in [4.69, 9.17) is 10.5 Å². The highest BCUT2D eigenvalue weighted by Gasteiger charge is 2.35. The minimum Gasteiger partial charge on any atom is -0.484 e. The molecular formula is C23H19BrF3N3OS. The maximum absolute atomic E-state index is 13.6.